The highest BCUT2D eigenvalue weighted by Crippen LogP contribution is 2.42. The smallest absolute Gasteiger partial charge is 0.180 e. The summed E-state index contributed by atoms with van der Waals surface area (Å²) >= 11 is 1.19. The Balaban J connectivity index is 2.40. The summed E-state index contributed by atoms with van der Waals surface area (Å²) < 4.78 is 23.9. The second kappa shape index (κ2) is 5.62. The molecule has 1 aliphatic heterocycles. The zero-order valence-electron chi connectivity index (χ0n) is 11.7. The standard InChI is InChI=1S/C13H19N3O2S2/c1-3-9-4-6-16(7-5-9)13-12(20(2,17)18)11(15)10(8-14)19-13/h9H,3-7,15H2,1-2H3. The summed E-state index contributed by atoms with van der Waals surface area (Å²) in [4.78, 5) is 2.48. The number of sulfone groups is 1. The zero-order chi connectivity index (χ0) is 14.9. The number of piperidine rings is 1. The van der Waals surface area contributed by atoms with Crippen LogP contribution in [0.15, 0.2) is 4.90 Å². The maximum atomic E-state index is 12.0. The zero-order valence-corrected chi connectivity index (χ0v) is 13.4. The minimum atomic E-state index is -3.43. The van der Waals surface area contributed by atoms with E-state index >= 15 is 0 Å². The van der Waals surface area contributed by atoms with Gasteiger partial charge in [0.25, 0.3) is 0 Å². The van der Waals surface area contributed by atoms with Gasteiger partial charge in [-0.05, 0) is 18.8 Å². The van der Waals surface area contributed by atoms with E-state index in [1.54, 1.807) is 0 Å². The van der Waals surface area contributed by atoms with Gasteiger partial charge < -0.3 is 10.6 Å². The average Bonchev–Trinajstić information content (AvgIpc) is 2.75. The van der Waals surface area contributed by atoms with Crippen molar-refractivity contribution in [3.05, 3.63) is 4.88 Å². The van der Waals surface area contributed by atoms with Crippen molar-refractivity contribution in [2.45, 2.75) is 31.1 Å². The van der Waals surface area contributed by atoms with Gasteiger partial charge in [-0.2, -0.15) is 5.26 Å². The highest BCUT2D eigenvalue weighted by Gasteiger charge is 2.29. The lowest BCUT2D eigenvalue weighted by molar-refractivity contribution is 0.395. The molecule has 0 saturated carbocycles. The van der Waals surface area contributed by atoms with E-state index in [0.29, 0.717) is 10.9 Å². The van der Waals surface area contributed by atoms with Crippen molar-refractivity contribution in [3.8, 4) is 6.07 Å². The van der Waals surface area contributed by atoms with E-state index in [0.717, 1.165) is 38.6 Å². The number of rotatable bonds is 3. The third-order valence-electron chi connectivity index (χ3n) is 3.83. The molecule has 1 saturated heterocycles. The maximum Gasteiger partial charge on any atom is 0.180 e. The van der Waals surface area contributed by atoms with Crippen LogP contribution < -0.4 is 10.6 Å². The molecule has 1 aliphatic rings. The van der Waals surface area contributed by atoms with Crippen LogP contribution in [-0.2, 0) is 9.84 Å². The summed E-state index contributed by atoms with van der Waals surface area (Å²) in [5.41, 5.74) is 5.95. The van der Waals surface area contributed by atoms with Crippen molar-refractivity contribution >= 4 is 31.9 Å². The molecule has 5 nitrogen and oxygen atoms in total. The SMILES string of the molecule is CCC1CCN(c2sc(C#N)c(N)c2S(C)(=O)=O)CC1. The van der Waals surface area contributed by atoms with Gasteiger partial charge in [-0.15, -0.1) is 11.3 Å². The summed E-state index contributed by atoms with van der Waals surface area (Å²) in [7, 11) is -3.43. The van der Waals surface area contributed by atoms with Crippen LogP contribution >= 0.6 is 11.3 Å². The van der Waals surface area contributed by atoms with Gasteiger partial charge in [-0.1, -0.05) is 13.3 Å². The van der Waals surface area contributed by atoms with E-state index in [9.17, 15) is 8.42 Å². The first-order chi connectivity index (χ1) is 9.38. The number of anilines is 2. The Morgan fingerprint density at radius 1 is 1.45 bits per heavy atom. The molecule has 1 fully saturated rings. The van der Waals surface area contributed by atoms with Gasteiger partial charge in [0.2, 0.25) is 0 Å². The van der Waals surface area contributed by atoms with Gasteiger partial charge in [-0.3, -0.25) is 0 Å². The first-order valence-corrected chi connectivity index (χ1v) is 9.36. The lowest BCUT2D eigenvalue weighted by Gasteiger charge is -2.32. The Hall–Kier alpha value is -1.26. The van der Waals surface area contributed by atoms with Crippen LogP contribution in [0, 0.1) is 17.2 Å². The van der Waals surface area contributed by atoms with E-state index in [1.807, 2.05) is 6.07 Å². The summed E-state index contributed by atoms with van der Waals surface area (Å²) in [6.07, 6.45) is 4.41. The number of nitrogen functional groups attached to an aromatic ring is 1. The largest absolute Gasteiger partial charge is 0.396 e. The molecule has 7 heteroatoms. The molecule has 1 aromatic heterocycles. The molecule has 0 amide bonds. The normalized spacial score (nSPS) is 17.1. The van der Waals surface area contributed by atoms with Gasteiger partial charge in [0.1, 0.15) is 20.8 Å². The Labute approximate surface area is 123 Å². The van der Waals surface area contributed by atoms with E-state index < -0.39 is 9.84 Å². The summed E-state index contributed by atoms with van der Waals surface area (Å²) in [6, 6.07) is 1.99. The fraction of sp³-hybridized carbons (Fsp3) is 0.615. The number of hydrogen-bond donors (Lipinski definition) is 1. The predicted octanol–water partition coefficient (Wildman–Crippen LogP) is 2.23. The van der Waals surface area contributed by atoms with Gasteiger partial charge in [0.05, 0.1) is 5.69 Å². The summed E-state index contributed by atoms with van der Waals surface area (Å²) in [5.74, 6) is 0.709. The van der Waals surface area contributed by atoms with Crippen LogP contribution in [0.4, 0.5) is 10.7 Å². The number of nitriles is 1. The molecule has 0 atom stereocenters. The Morgan fingerprint density at radius 3 is 2.50 bits per heavy atom. The van der Waals surface area contributed by atoms with Crippen LogP contribution in [0.5, 0.6) is 0 Å². The van der Waals surface area contributed by atoms with Gasteiger partial charge in [-0.25, -0.2) is 8.42 Å². The monoisotopic (exact) mass is 313 g/mol. The number of thiophene rings is 1. The molecule has 2 heterocycles. The lowest BCUT2D eigenvalue weighted by Crippen LogP contribution is -2.33. The van der Waals surface area contributed by atoms with Crippen molar-refractivity contribution in [2.24, 2.45) is 5.92 Å². The third-order valence-corrected chi connectivity index (χ3v) is 6.29. The molecule has 0 aromatic carbocycles. The van der Waals surface area contributed by atoms with Crippen LogP contribution in [0.3, 0.4) is 0 Å². The van der Waals surface area contributed by atoms with Crippen molar-refractivity contribution in [2.75, 3.05) is 30.0 Å². The fourth-order valence-corrected chi connectivity index (χ4v) is 5.17. The molecule has 0 aliphatic carbocycles. The molecule has 0 unspecified atom stereocenters. The summed E-state index contributed by atoms with van der Waals surface area (Å²) in [5, 5.41) is 9.70. The Morgan fingerprint density at radius 2 is 2.05 bits per heavy atom. The second-order valence-corrected chi connectivity index (χ2v) is 8.15. The average molecular weight is 313 g/mol. The van der Waals surface area contributed by atoms with E-state index in [4.69, 9.17) is 11.0 Å². The van der Waals surface area contributed by atoms with E-state index in [1.165, 1.54) is 11.3 Å². The molecule has 110 valence electrons. The first kappa shape index (κ1) is 15.1. The second-order valence-electron chi connectivity index (χ2n) is 5.20. The van der Waals surface area contributed by atoms with Crippen LogP contribution in [-0.4, -0.2) is 27.8 Å². The van der Waals surface area contributed by atoms with Crippen molar-refractivity contribution < 1.29 is 8.42 Å². The first-order valence-electron chi connectivity index (χ1n) is 6.65. The fourth-order valence-electron chi connectivity index (χ4n) is 2.61. The number of nitrogens with zero attached hydrogens (tertiary/aromatic N) is 2. The number of hydrogen-bond acceptors (Lipinski definition) is 6. The van der Waals surface area contributed by atoms with Gasteiger partial charge in [0, 0.05) is 19.3 Å². The van der Waals surface area contributed by atoms with Crippen LogP contribution in [0.1, 0.15) is 31.1 Å². The molecule has 0 bridgehead atoms. The molecule has 20 heavy (non-hydrogen) atoms. The molecular formula is C13H19N3O2S2. The molecule has 2 N–H and O–H groups in total. The maximum absolute atomic E-state index is 12.0. The van der Waals surface area contributed by atoms with E-state index in [-0.39, 0.29) is 15.5 Å². The molecule has 2 rings (SSSR count). The Bertz CT molecular complexity index is 635. The minimum Gasteiger partial charge on any atom is -0.396 e. The van der Waals surface area contributed by atoms with Crippen molar-refractivity contribution in [1.29, 1.82) is 5.26 Å². The topological polar surface area (TPSA) is 87.2 Å². The quantitative estimate of drug-likeness (QED) is 0.924. The lowest BCUT2D eigenvalue weighted by atomic mass is 9.95. The molecular weight excluding hydrogens is 294 g/mol. The highest BCUT2D eigenvalue weighted by atomic mass is 32.2. The van der Waals surface area contributed by atoms with Gasteiger partial charge in [0.15, 0.2) is 9.84 Å². The van der Waals surface area contributed by atoms with Crippen LogP contribution in [0.25, 0.3) is 0 Å². The molecule has 0 radical (unpaired) electrons. The third kappa shape index (κ3) is 2.76. The van der Waals surface area contributed by atoms with Crippen LogP contribution in [0.2, 0.25) is 0 Å². The summed E-state index contributed by atoms with van der Waals surface area (Å²) in [6.45, 7) is 3.83. The highest BCUT2D eigenvalue weighted by molar-refractivity contribution is 7.91. The molecule has 0 spiro atoms. The van der Waals surface area contributed by atoms with Crippen molar-refractivity contribution in [3.63, 3.8) is 0 Å². The van der Waals surface area contributed by atoms with Gasteiger partial charge >= 0.3 is 0 Å². The van der Waals surface area contributed by atoms with E-state index in [2.05, 4.69) is 11.8 Å². The Kier molecular flexibility index (Phi) is 4.25. The molecule has 1 aromatic rings. The van der Waals surface area contributed by atoms with Crippen molar-refractivity contribution in [1.82, 2.24) is 0 Å². The predicted molar refractivity (Wildman–Crippen MR) is 81.8 cm³/mol. The number of nitrogens with two attached hydrogens (primary N) is 1. The minimum absolute atomic E-state index is 0.104.